The fraction of sp³-hybridized carbons (Fsp3) is 0.259. The molecule has 0 saturated heterocycles. The summed E-state index contributed by atoms with van der Waals surface area (Å²) in [4.78, 5) is 25.4. The predicted octanol–water partition coefficient (Wildman–Crippen LogP) is 6.47. The molecule has 1 atom stereocenters. The van der Waals surface area contributed by atoms with Crippen molar-refractivity contribution in [2.45, 2.75) is 32.0 Å². The third kappa shape index (κ3) is 6.03. The lowest BCUT2D eigenvalue weighted by Gasteiger charge is -2.16. The number of carbonyl (C=O) groups is 2. The number of rotatable bonds is 9. The Morgan fingerprint density at radius 1 is 1.16 bits per heavy atom. The highest BCUT2D eigenvalue weighted by Crippen LogP contribution is 2.37. The van der Waals surface area contributed by atoms with E-state index >= 15 is 0 Å². The van der Waals surface area contributed by atoms with E-state index in [0.717, 1.165) is 22.4 Å². The molecule has 4 aromatic rings. The number of hydrogen-bond donors (Lipinski definition) is 1. The molecule has 2 aromatic carbocycles. The van der Waals surface area contributed by atoms with Gasteiger partial charge in [-0.15, -0.1) is 21.5 Å². The fourth-order valence-corrected chi connectivity index (χ4v) is 5.61. The number of aromatic nitrogens is 3. The third-order valence-corrected chi connectivity index (χ3v) is 8.18. The molecule has 0 aliphatic rings. The minimum absolute atomic E-state index is 0.0764. The summed E-state index contributed by atoms with van der Waals surface area (Å²) in [6.07, 6.45) is -0.337. The summed E-state index contributed by atoms with van der Waals surface area (Å²) in [5.74, 6) is 0.702. The zero-order valence-electron chi connectivity index (χ0n) is 21.6. The van der Waals surface area contributed by atoms with Gasteiger partial charge in [-0.2, -0.15) is 0 Å². The highest BCUT2D eigenvalue weighted by atomic mass is 35.5. The summed E-state index contributed by atoms with van der Waals surface area (Å²) < 4.78 is 12.9. The number of ether oxygens (including phenoxy) is 2. The van der Waals surface area contributed by atoms with Gasteiger partial charge in [0.1, 0.15) is 16.3 Å². The molecule has 0 spiro atoms. The summed E-state index contributed by atoms with van der Waals surface area (Å²) >= 11 is 8.50. The zero-order valence-corrected chi connectivity index (χ0v) is 24.0. The van der Waals surface area contributed by atoms with E-state index in [-0.39, 0.29) is 17.8 Å². The molecule has 38 heavy (non-hydrogen) atoms. The van der Waals surface area contributed by atoms with Crippen LogP contribution >= 0.6 is 34.7 Å². The minimum Gasteiger partial charge on any atom is -0.482 e. The summed E-state index contributed by atoms with van der Waals surface area (Å²) in [6.45, 7) is 5.97. The van der Waals surface area contributed by atoms with Gasteiger partial charge in [-0.25, -0.2) is 4.79 Å². The molecule has 1 N–H and O–H groups in total. The van der Waals surface area contributed by atoms with Crippen LogP contribution < -0.4 is 10.1 Å². The molecule has 1 amide bonds. The molecule has 0 aliphatic heterocycles. The average Bonchev–Trinajstić information content (AvgIpc) is 3.48. The standard InChI is InChI=1S/C27H27ClN4O4S2/c1-15-7-6-8-21(16(15)2)36-17(3)24-30-31-27(32(24)4)38-14-22(33)29-25-23(26(34)35-5)20(13-37-25)18-9-11-19(28)12-10-18/h6-13,17H,14H2,1-5H3,(H,29,33). The maximum Gasteiger partial charge on any atom is 0.341 e. The molecular formula is C27H27ClN4O4S2. The van der Waals surface area contributed by atoms with Gasteiger partial charge in [0.05, 0.1) is 12.9 Å². The first-order valence-corrected chi connectivity index (χ1v) is 13.9. The van der Waals surface area contributed by atoms with Crippen molar-refractivity contribution in [3.05, 3.63) is 75.4 Å². The number of aryl methyl sites for hydroxylation is 1. The van der Waals surface area contributed by atoms with Gasteiger partial charge in [-0.1, -0.05) is 47.6 Å². The number of esters is 1. The number of anilines is 1. The number of halogens is 1. The Bertz CT molecular complexity index is 1470. The number of thioether (sulfide) groups is 1. The number of nitrogens with one attached hydrogen (secondary N) is 1. The molecule has 11 heteroatoms. The summed E-state index contributed by atoms with van der Waals surface area (Å²) in [5.41, 5.74) is 3.99. The Balaban J connectivity index is 1.43. The number of methoxy groups -OCH3 is 1. The van der Waals surface area contributed by atoms with Crippen LogP contribution in [0.25, 0.3) is 11.1 Å². The summed E-state index contributed by atoms with van der Waals surface area (Å²) in [6, 6.07) is 13.0. The van der Waals surface area contributed by atoms with Crippen LogP contribution in [0.5, 0.6) is 5.75 Å². The molecule has 0 aliphatic carbocycles. The van der Waals surface area contributed by atoms with Crippen molar-refractivity contribution in [1.82, 2.24) is 14.8 Å². The van der Waals surface area contributed by atoms with Gasteiger partial charge in [-0.3, -0.25) is 4.79 Å². The Morgan fingerprint density at radius 2 is 1.89 bits per heavy atom. The number of amides is 1. The summed E-state index contributed by atoms with van der Waals surface area (Å²) in [5, 5.41) is 14.8. The second-order valence-corrected chi connectivity index (χ2v) is 10.8. The van der Waals surface area contributed by atoms with Crippen molar-refractivity contribution >= 4 is 51.6 Å². The highest BCUT2D eigenvalue weighted by Gasteiger charge is 2.23. The molecule has 0 radical (unpaired) electrons. The van der Waals surface area contributed by atoms with Crippen molar-refractivity contribution in [3.8, 4) is 16.9 Å². The molecule has 2 heterocycles. The third-order valence-electron chi connectivity index (χ3n) is 6.01. The van der Waals surface area contributed by atoms with Crippen LogP contribution in [0.15, 0.2) is 53.0 Å². The van der Waals surface area contributed by atoms with Crippen LogP contribution in [0.4, 0.5) is 5.00 Å². The lowest BCUT2D eigenvalue weighted by molar-refractivity contribution is -0.113. The molecule has 4 rings (SSSR count). The fourth-order valence-electron chi connectivity index (χ4n) is 3.79. The number of carbonyl (C=O) groups excluding carboxylic acids is 2. The first-order valence-electron chi connectivity index (χ1n) is 11.7. The largest absolute Gasteiger partial charge is 0.482 e. The number of hydrogen-bond acceptors (Lipinski definition) is 8. The monoisotopic (exact) mass is 570 g/mol. The van der Waals surface area contributed by atoms with E-state index in [4.69, 9.17) is 21.1 Å². The smallest absolute Gasteiger partial charge is 0.341 e. The Morgan fingerprint density at radius 3 is 2.61 bits per heavy atom. The van der Waals surface area contributed by atoms with E-state index in [0.29, 0.717) is 32.1 Å². The molecule has 2 aromatic heterocycles. The first-order chi connectivity index (χ1) is 18.2. The summed E-state index contributed by atoms with van der Waals surface area (Å²) in [7, 11) is 3.15. The van der Waals surface area contributed by atoms with E-state index in [9.17, 15) is 9.59 Å². The zero-order chi connectivity index (χ0) is 27.4. The Labute approximate surface area is 234 Å². The van der Waals surface area contributed by atoms with Gasteiger partial charge in [0.25, 0.3) is 0 Å². The van der Waals surface area contributed by atoms with E-state index in [1.165, 1.54) is 30.2 Å². The van der Waals surface area contributed by atoms with Gasteiger partial charge in [0.15, 0.2) is 17.1 Å². The van der Waals surface area contributed by atoms with Gasteiger partial charge in [0, 0.05) is 23.0 Å². The Kier molecular flexibility index (Phi) is 8.76. The van der Waals surface area contributed by atoms with E-state index in [1.807, 2.05) is 68.1 Å². The lowest BCUT2D eigenvalue weighted by atomic mass is 10.0. The van der Waals surface area contributed by atoms with Gasteiger partial charge >= 0.3 is 5.97 Å². The van der Waals surface area contributed by atoms with Crippen LogP contribution in [0.3, 0.4) is 0 Å². The molecule has 0 bridgehead atoms. The maximum atomic E-state index is 12.8. The SMILES string of the molecule is COC(=O)c1c(-c2ccc(Cl)cc2)csc1NC(=O)CSc1nnc(C(C)Oc2cccc(C)c2C)n1C. The van der Waals surface area contributed by atoms with E-state index in [2.05, 4.69) is 15.5 Å². The minimum atomic E-state index is -0.532. The van der Waals surface area contributed by atoms with Crippen LogP contribution in [-0.2, 0) is 16.6 Å². The molecule has 0 fully saturated rings. The molecule has 8 nitrogen and oxygen atoms in total. The number of benzene rings is 2. The Hall–Kier alpha value is -3.34. The maximum absolute atomic E-state index is 12.8. The van der Waals surface area contributed by atoms with Crippen LogP contribution in [-0.4, -0.2) is 39.5 Å². The van der Waals surface area contributed by atoms with Crippen molar-refractivity contribution in [2.75, 3.05) is 18.2 Å². The van der Waals surface area contributed by atoms with E-state index in [1.54, 1.807) is 12.1 Å². The van der Waals surface area contributed by atoms with Gasteiger partial charge in [-0.05, 0) is 55.7 Å². The van der Waals surface area contributed by atoms with Crippen molar-refractivity contribution in [2.24, 2.45) is 7.05 Å². The second kappa shape index (κ2) is 12.0. The molecular weight excluding hydrogens is 544 g/mol. The number of thiophene rings is 1. The normalized spacial score (nSPS) is 11.7. The first kappa shape index (κ1) is 27.7. The van der Waals surface area contributed by atoms with Crippen molar-refractivity contribution in [3.63, 3.8) is 0 Å². The van der Waals surface area contributed by atoms with Crippen LogP contribution in [0.1, 0.15) is 40.3 Å². The van der Waals surface area contributed by atoms with Gasteiger partial charge in [0.2, 0.25) is 5.91 Å². The number of nitrogens with zero attached hydrogens (tertiary/aromatic N) is 3. The van der Waals surface area contributed by atoms with Gasteiger partial charge < -0.3 is 19.4 Å². The lowest BCUT2D eigenvalue weighted by Crippen LogP contribution is -2.16. The predicted molar refractivity (Wildman–Crippen MR) is 151 cm³/mol. The second-order valence-electron chi connectivity index (χ2n) is 8.55. The quantitative estimate of drug-likeness (QED) is 0.182. The van der Waals surface area contributed by atoms with Crippen LogP contribution in [0, 0.1) is 13.8 Å². The molecule has 198 valence electrons. The molecule has 1 unspecified atom stereocenters. The van der Waals surface area contributed by atoms with Crippen molar-refractivity contribution in [1.29, 1.82) is 0 Å². The average molecular weight is 571 g/mol. The molecule has 0 saturated carbocycles. The topological polar surface area (TPSA) is 95.3 Å². The van der Waals surface area contributed by atoms with Crippen molar-refractivity contribution < 1.29 is 19.1 Å². The highest BCUT2D eigenvalue weighted by molar-refractivity contribution is 7.99. The van der Waals surface area contributed by atoms with E-state index < -0.39 is 5.97 Å². The van der Waals surface area contributed by atoms with Crippen LogP contribution in [0.2, 0.25) is 5.02 Å².